The van der Waals surface area contributed by atoms with E-state index in [1.165, 1.54) is 43.2 Å². The summed E-state index contributed by atoms with van der Waals surface area (Å²) in [5, 5.41) is 0.831. The van der Waals surface area contributed by atoms with Crippen molar-refractivity contribution in [3.8, 4) is 5.75 Å². The molecular weight excluding hydrogens is 266 g/mol. The Morgan fingerprint density at radius 2 is 2.05 bits per heavy atom. The van der Waals surface area contributed by atoms with Crippen LogP contribution in [0.5, 0.6) is 5.75 Å². The van der Waals surface area contributed by atoms with E-state index in [2.05, 4.69) is 30.0 Å². The van der Waals surface area contributed by atoms with E-state index < -0.39 is 0 Å². The average molecular weight is 293 g/mol. The second kappa shape index (κ2) is 7.94. The number of hydrogen-bond donors (Lipinski definition) is 1. The van der Waals surface area contributed by atoms with Crippen molar-refractivity contribution in [2.45, 2.75) is 63.0 Å². The van der Waals surface area contributed by atoms with Crippen LogP contribution >= 0.6 is 11.8 Å². The molecule has 1 saturated carbocycles. The first kappa shape index (κ1) is 15.7. The van der Waals surface area contributed by atoms with Gasteiger partial charge in [0, 0.05) is 22.6 Å². The van der Waals surface area contributed by atoms with Crippen LogP contribution in [0.1, 0.15) is 63.1 Å². The second-order valence-electron chi connectivity index (χ2n) is 5.66. The zero-order valence-corrected chi connectivity index (χ0v) is 13.5. The van der Waals surface area contributed by atoms with Gasteiger partial charge in [-0.1, -0.05) is 25.3 Å². The molecule has 1 aromatic rings. The molecule has 2 N–H and O–H groups in total. The summed E-state index contributed by atoms with van der Waals surface area (Å²) < 4.78 is 5.76. The van der Waals surface area contributed by atoms with Gasteiger partial charge in [-0.15, -0.1) is 0 Å². The van der Waals surface area contributed by atoms with E-state index in [1.54, 1.807) is 0 Å². The number of rotatable bonds is 6. The van der Waals surface area contributed by atoms with Gasteiger partial charge in [-0.3, -0.25) is 0 Å². The fourth-order valence-corrected chi connectivity index (χ4v) is 4.04. The Hall–Kier alpha value is -0.670. The predicted molar refractivity (Wildman–Crippen MR) is 88.4 cm³/mol. The van der Waals surface area contributed by atoms with Crippen LogP contribution in [-0.2, 0) is 5.75 Å². The van der Waals surface area contributed by atoms with Crippen LogP contribution in [0.3, 0.4) is 0 Å². The molecule has 3 heteroatoms. The molecular formula is C17H27NOS. The zero-order chi connectivity index (χ0) is 14.4. The van der Waals surface area contributed by atoms with Crippen molar-refractivity contribution in [3.05, 3.63) is 29.3 Å². The van der Waals surface area contributed by atoms with E-state index in [0.29, 0.717) is 0 Å². The molecule has 2 rings (SSSR count). The summed E-state index contributed by atoms with van der Waals surface area (Å²) in [5.74, 6) is 2.07. The summed E-state index contributed by atoms with van der Waals surface area (Å²) in [4.78, 5) is 0. The first-order valence-electron chi connectivity index (χ1n) is 7.83. The van der Waals surface area contributed by atoms with E-state index in [1.807, 2.05) is 13.8 Å². The first-order chi connectivity index (χ1) is 9.70. The lowest BCUT2D eigenvalue weighted by molar-refractivity contribution is 0.337. The Morgan fingerprint density at radius 3 is 2.70 bits per heavy atom. The lowest BCUT2D eigenvalue weighted by atomic mass is 10.0. The molecule has 0 bridgehead atoms. The van der Waals surface area contributed by atoms with E-state index in [0.717, 1.165) is 23.4 Å². The van der Waals surface area contributed by atoms with E-state index in [4.69, 9.17) is 10.5 Å². The number of hydrogen-bond acceptors (Lipinski definition) is 3. The molecule has 0 radical (unpaired) electrons. The Labute approximate surface area is 127 Å². The summed E-state index contributed by atoms with van der Waals surface area (Å²) in [5.41, 5.74) is 8.50. The maximum absolute atomic E-state index is 6.00. The first-order valence-corrected chi connectivity index (χ1v) is 8.88. The summed E-state index contributed by atoms with van der Waals surface area (Å²) in [6, 6.07) is 6.48. The van der Waals surface area contributed by atoms with Crippen LogP contribution in [0, 0.1) is 0 Å². The lowest BCUT2D eigenvalue weighted by Crippen LogP contribution is -2.09. The van der Waals surface area contributed by atoms with Crippen molar-refractivity contribution in [3.63, 3.8) is 0 Å². The van der Waals surface area contributed by atoms with Crippen molar-refractivity contribution in [2.24, 2.45) is 5.73 Å². The zero-order valence-electron chi connectivity index (χ0n) is 12.7. The second-order valence-corrected chi connectivity index (χ2v) is 6.95. The van der Waals surface area contributed by atoms with Crippen molar-refractivity contribution >= 4 is 11.8 Å². The molecule has 112 valence electrons. The van der Waals surface area contributed by atoms with Gasteiger partial charge in [0.15, 0.2) is 0 Å². The van der Waals surface area contributed by atoms with E-state index in [-0.39, 0.29) is 6.04 Å². The quantitative estimate of drug-likeness (QED) is 0.827. The third-order valence-corrected chi connectivity index (χ3v) is 5.36. The Kier molecular flexibility index (Phi) is 6.24. The number of benzene rings is 1. The maximum Gasteiger partial charge on any atom is 0.123 e. The van der Waals surface area contributed by atoms with Crippen LogP contribution in [-0.4, -0.2) is 11.9 Å². The minimum atomic E-state index is 0.0871. The van der Waals surface area contributed by atoms with Gasteiger partial charge < -0.3 is 10.5 Å². The lowest BCUT2D eigenvalue weighted by Gasteiger charge is -2.22. The van der Waals surface area contributed by atoms with Gasteiger partial charge in [-0.2, -0.15) is 11.8 Å². The molecule has 0 heterocycles. The van der Waals surface area contributed by atoms with Crippen molar-refractivity contribution in [2.75, 3.05) is 6.61 Å². The molecule has 0 aliphatic heterocycles. The van der Waals surface area contributed by atoms with Gasteiger partial charge in [0.25, 0.3) is 0 Å². The average Bonchev–Trinajstić information content (AvgIpc) is 2.47. The minimum Gasteiger partial charge on any atom is -0.494 e. The standard InChI is InChI=1S/C17H27NOS/c1-3-19-17-10-9-14(13(2)18)11-15(17)12-20-16-7-5-4-6-8-16/h9-11,13,16H,3-8,12,18H2,1-2H3. The Bertz CT molecular complexity index is 413. The van der Waals surface area contributed by atoms with Crippen LogP contribution in [0.25, 0.3) is 0 Å². The smallest absolute Gasteiger partial charge is 0.123 e. The number of nitrogens with two attached hydrogens (primary N) is 1. The van der Waals surface area contributed by atoms with Gasteiger partial charge >= 0.3 is 0 Å². The molecule has 1 fully saturated rings. The molecule has 20 heavy (non-hydrogen) atoms. The molecule has 1 atom stereocenters. The summed E-state index contributed by atoms with van der Waals surface area (Å²) in [6.07, 6.45) is 6.97. The Morgan fingerprint density at radius 1 is 1.30 bits per heavy atom. The van der Waals surface area contributed by atoms with Gasteiger partial charge in [0.2, 0.25) is 0 Å². The topological polar surface area (TPSA) is 35.2 Å². The highest BCUT2D eigenvalue weighted by molar-refractivity contribution is 7.99. The van der Waals surface area contributed by atoms with E-state index >= 15 is 0 Å². The molecule has 1 unspecified atom stereocenters. The molecule has 1 aromatic carbocycles. The van der Waals surface area contributed by atoms with Crippen LogP contribution in [0.4, 0.5) is 0 Å². The maximum atomic E-state index is 6.00. The normalized spacial score (nSPS) is 17.9. The van der Waals surface area contributed by atoms with Gasteiger partial charge in [0.1, 0.15) is 5.75 Å². The molecule has 0 amide bonds. The number of thioether (sulfide) groups is 1. The van der Waals surface area contributed by atoms with Crippen LogP contribution in [0.15, 0.2) is 18.2 Å². The molecule has 0 spiro atoms. The molecule has 1 aliphatic rings. The van der Waals surface area contributed by atoms with Crippen LogP contribution in [0.2, 0.25) is 0 Å². The fourth-order valence-electron chi connectivity index (χ4n) is 2.73. The third-order valence-electron chi connectivity index (χ3n) is 3.94. The molecule has 2 nitrogen and oxygen atoms in total. The van der Waals surface area contributed by atoms with Gasteiger partial charge in [-0.05, 0) is 44.4 Å². The van der Waals surface area contributed by atoms with Crippen molar-refractivity contribution in [1.29, 1.82) is 0 Å². The third kappa shape index (κ3) is 4.42. The Balaban J connectivity index is 2.04. The molecule has 0 saturated heterocycles. The monoisotopic (exact) mass is 293 g/mol. The van der Waals surface area contributed by atoms with E-state index in [9.17, 15) is 0 Å². The predicted octanol–water partition coefficient (Wildman–Crippen LogP) is 4.67. The van der Waals surface area contributed by atoms with Gasteiger partial charge in [-0.25, -0.2) is 0 Å². The largest absolute Gasteiger partial charge is 0.494 e. The summed E-state index contributed by atoms with van der Waals surface area (Å²) >= 11 is 2.09. The SMILES string of the molecule is CCOc1ccc(C(C)N)cc1CSC1CCCCC1. The van der Waals surface area contributed by atoms with Crippen molar-refractivity contribution in [1.82, 2.24) is 0 Å². The minimum absolute atomic E-state index is 0.0871. The summed E-state index contributed by atoms with van der Waals surface area (Å²) in [7, 11) is 0. The summed E-state index contributed by atoms with van der Waals surface area (Å²) in [6.45, 7) is 4.80. The fraction of sp³-hybridized carbons (Fsp3) is 0.647. The van der Waals surface area contributed by atoms with Crippen LogP contribution < -0.4 is 10.5 Å². The molecule has 1 aliphatic carbocycles. The molecule has 0 aromatic heterocycles. The number of ether oxygens (including phenoxy) is 1. The highest BCUT2D eigenvalue weighted by Gasteiger charge is 2.15. The highest BCUT2D eigenvalue weighted by atomic mass is 32.2. The van der Waals surface area contributed by atoms with Gasteiger partial charge in [0.05, 0.1) is 6.61 Å². The van der Waals surface area contributed by atoms with Crippen molar-refractivity contribution < 1.29 is 4.74 Å². The highest BCUT2D eigenvalue weighted by Crippen LogP contribution is 2.33.